The van der Waals surface area contributed by atoms with Crippen LogP contribution in [0, 0.1) is 6.92 Å². The molecular formula is C30H32FN7O. The summed E-state index contributed by atoms with van der Waals surface area (Å²) >= 11 is 0. The number of urea groups is 1. The molecule has 5 rings (SSSR count). The van der Waals surface area contributed by atoms with Gasteiger partial charge in [-0.15, -0.1) is 0 Å². The van der Waals surface area contributed by atoms with Crippen molar-refractivity contribution in [1.29, 1.82) is 0 Å². The number of para-hydroxylation sites is 1. The maximum atomic E-state index is 15.3. The van der Waals surface area contributed by atoms with Gasteiger partial charge in [-0.25, -0.2) is 24.1 Å². The fraction of sp³-hybridized carbons (Fsp3) is 0.267. The van der Waals surface area contributed by atoms with Gasteiger partial charge in [-0.1, -0.05) is 30.3 Å². The molecule has 8 nitrogen and oxygen atoms in total. The molecule has 0 radical (unpaired) electrons. The lowest BCUT2D eigenvalue weighted by Gasteiger charge is -2.28. The molecular weight excluding hydrogens is 493 g/mol. The Morgan fingerprint density at radius 2 is 1.87 bits per heavy atom. The maximum absolute atomic E-state index is 15.3. The number of rotatable bonds is 7. The average Bonchev–Trinajstić information content (AvgIpc) is 3.40. The number of halogens is 1. The number of aromatic nitrogens is 3. The summed E-state index contributed by atoms with van der Waals surface area (Å²) in [7, 11) is 3.88. The molecule has 0 aliphatic carbocycles. The molecule has 2 atom stereocenters. The molecule has 3 heterocycles. The number of likely N-dealkylation sites (N-methyl/N-ethyl adjacent to an activating group) is 2. The number of alkyl halides is 1. The number of carbonyl (C=O) groups excluding carboxylic acids is 1. The highest BCUT2D eigenvalue weighted by Crippen LogP contribution is 2.30. The SMILES string of the molecule is Cc1ccccc1N(C(=O)Nc1ccc(C(F)N(C)C2CCN(C)C2)cc1)c1nccc(-c2cccnc2)n1. The number of carbonyl (C=O) groups is 1. The van der Waals surface area contributed by atoms with Crippen LogP contribution in [0.4, 0.5) is 26.5 Å². The van der Waals surface area contributed by atoms with Gasteiger partial charge in [0.05, 0.1) is 11.4 Å². The molecule has 1 fully saturated rings. The summed E-state index contributed by atoms with van der Waals surface area (Å²) in [5.74, 6) is 0.228. The quantitative estimate of drug-likeness (QED) is 0.306. The lowest BCUT2D eigenvalue weighted by Crippen LogP contribution is -2.35. The lowest BCUT2D eigenvalue weighted by molar-refractivity contribution is 0.0707. The van der Waals surface area contributed by atoms with Gasteiger partial charge in [-0.05, 0) is 75.9 Å². The third-order valence-electron chi connectivity index (χ3n) is 7.10. The summed E-state index contributed by atoms with van der Waals surface area (Å²) in [4.78, 5) is 32.4. The van der Waals surface area contributed by atoms with Crippen LogP contribution in [-0.4, -0.2) is 64.0 Å². The van der Waals surface area contributed by atoms with Gasteiger partial charge in [0.2, 0.25) is 5.95 Å². The lowest BCUT2D eigenvalue weighted by atomic mass is 10.1. The molecule has 2 aromatic heterocycles. The number of nitrogens with zero attached hydrogens (tertiary/aromatic N) is 6. The molecule has 0 saturated carbocycles. The second kappa shape index (κ2) is 11.7. The van der Waals surface area contributed by atoms with Crippen LogP contribution in [-0.2, 0) is 0 Å². The maximum Gasteiger partial charge on any atom is 0.333 e. The monoisotopic (exact) mass is 525 g/mol. The van der Waals surface area contributed by atoms with Crippen molar-refractivity contribution >= 4 is 23.4 Å². The van der Waals surface area contributed by atoms with E-state index < -0.39 is 12.3 Å². The molecule has 39 heavy (non-hydrogen) atoms. The minimum atomic E-state index is -1.22. The zero-order chi connectivity index (χ0) is 27.4. The van der Waals surface area contributed by atoms with Crippen molar-refractivity contribution < 1.29 is 9.18 Å². The van der Waals surface area contributed by atoms with Crippen LogP contribution < -0.4 is 10.2 Å². The highest BCUT2D eigenvalue weighted by molar-refractivity contribution is 6.06. The first-order chi connectivity index (χ1) is 18.9. The number of benzene rings is 2. The highest BCUT2D eigenvalue weighted by Gasteiger charge is 2.29. The number of anilines is 3. The number of hydrogen-bond acceptors (Lipinski definition) is 6. The predicted octanol–water partition coefficient (Wildman–Crippen LogP) is 5.82. The first-order valence-electron chi connectivity index (χ1n) is 13.0. The molecule has 2 aromatic carbocycles. The van der Waals surface area contributed by atoms with Crippen molar-refractivity contribution in [3.05, 3.63) is 96.4 Å². The molecule has 4 aromatic rings. The van der Waals surface area contributed by atoms with E-state index in [2.05, 4.69) is 32.2 Å². The topological polar surface area (TPSA) is 77.5 Å². The second-order valence-corrected chi connectivity index (χ2v) is 9.86. The van der Waals surface area contributed by atoms with E-state index in [-0.39, 0.29) is 12.0 Å². The molecule has 2 unspecified atom stereocenters. The summed E-state index contributed by atoms with van der Waals surface area (Å²) in [5, 5.41) is 2.93. The van der Waals surface area contributed by atoms with Gasteiger partial charge >= 0.3 is 6.03 Å². The molecule has 1 saturated heterocycles. The fourth-order valence-corrected chi connectivity index (χ4v) is 4.82. The molecule has 1 N–H and O–H groups in total. The number of pyridine rings is 1. The number of aryl methyl sites for hydroxylation is 1. The van der Waals surface area contributed by atoms with Gasteiger partial charge in [0, 0.05) is 48.0 Å². The van der Waals surface area contributed by atoms with E-state index in [0.29, 0.717) is 22.6 Å². The van der Waals surface area contributed by atoms with Gasteiger partial charge in [0.25, 0.3) is 0 Å². The molecule has 0 spiro atoms. The molecule has 200 valence electrons. The van der Waals surface area contributed by atoms with E-state index in [4.69, 9.17) is 0 Å². The Kier molecular flexibility index (Phi) is 7.90. The molecule has 9 heteroatoms. The minimum absolute atomic E-state index is 0.175. The third-order valence-corrected chi connectivity index (χ3v) is 7.10. The van der Waals surface area contributed by atoms with E-state index in [1.54, 1.807) is 53.8 Å². The Morgan fingerprint density at radius 3 is 2.56 bits per heavy atom. The summed E-state index contributed by atoms with van der Waals surface area (Å²) in [6.07, 6.45) is 4.75. The number of amides is 2. The van der Waals surface area contributed by atoms with Crippen molar-refractivity contribution in [2.75, 3.05) is 37.4 Å². The third kappa shape index (κ3) is 5.94. The molecule has 1 aliphatic heterocycles. The van der Waals surface area contributed by atoms with Crippen LogP contribution >= 0.6 is 0 Å². The van der Waals surface area contributed by atoms with Gasteiger partial charge < -0.3 is 10.2 Å². The Morgan fingerprint density at radius 1 is 1.08 bits per heavy atom. The van der Waals surface area contributed by atoms with Crippen LogP contribution in [0.2, 0.25) is 0 Å². The van der Waals surface area contributed by atoms with Crippen molar-refractivity contribution in [1.82, 2.24) is 24.8 Å². The van der Waals surface area contributed by atoms with E-state index in [1.807, 2.05) is 50.4 Å². The van der Waals surface area contributed by atoms with Crippen LogP contribution in [0.25, 0.3) is 11.3 Å². The zero-order valence-corrected chi connectivity index (χ0v) is 22.3. The van der Waals surface area contributed by atoms with Crippen molar-refractivity contribution in [2.24, 2.45) is 0 Å². The highest BCUT2D eigenvalue weighted by atomic mass is 19.1. The first kappa shape index (κ1) is 26.4. The average molecular weight is 526 g/mol. The predicted molar refractivity (Wildman–Crippen MR) is 152 cm³/mol. The van der Waals surface area contributed by atoms with E-state index in [0.717, 1.165) is 30.6 Å². The van der Waals surface area contributed by atoms with Crippen LogP contribution in [0.5, 0.6) is 0 Å². The summed E-state index contributed by atoms with van der Waals surface area (Å²) < 4.78 is 15.3. The van der Waals surface area contributed by atoms with E-state index >= 15 is 4.39 Å². The normalized spacial score (nSPS) is 16.3. The molecule has 1 aliphatic rings. The Bertz CT molecular complexity index is 1420. The van der Waals surface area contributed by atoms with Crippen molar-refractivity contribution in [2.45, 2.75) is 25.7 Å². The Balaban J connectivity index is 1.38. The van der Waals surface area contributed by atoms with Gasteiger partial charge in [-0.2, -0.15) is 0 Å². The van der Waals surface area contributed by atoms with Crippen LogP contribution in [0.1, 0.15) is 23.8 Å². The fourth-order valence-electron chi connectivity index (χ4n) is 4.82. The van der Waals surface area contributed by atoms with Gasteiger partial charge in [0.15, 0.2) is 6.30 Å². The standard InChI is InChI=1S/C30H32FN7O/c1-21-7-4-5-9-27(21)38(29-33-17-14-26(35-29)23-8-6-16-32-19-23)30(39)34-24-12-10-22(11-13-24)28(31)37(3)25-15-18-36(2)20-25/h4-14,16-17,19,25,28H,15,18,20H2,1-3H3,(H,34,39). The number of hydrogen-bond donors (Lipinski definition) is 1. The number of likely N-dealkylation sites (tertiary alicyclic amines) is 1. The minimum Gasteiger partial charge on any atom is -0.307 e. The Labute approximate surface area is 228 Å². The van der Waals surface area contributed by atoms with Gasteiger partial charge in [0.1, 0.15) is 0 Å². The molecule has 0 bridgehead atoms. The van der Waals surface area contributed by atoms with Gasteiger partial charge in [-0.3, -0.25) is 9.88 Å². The summed E-state index contributed by atoms with van der Waals surface area (Å²) in [6, 6.07) is 19.7. The Hall–Kier alpha value is -4.21. The van der Waals surface area contributed by atoms with Crippen LogP contribution in [0.15, 0.2) is 85.3 Å². The van der Waals surface area contributed by atoms with Crippen LogP contribution in [0.3, 0.4) is 0 Å². The molecule has 2 amide bonds. The van der Waals surface area contributed by atoms with Crippen molar-refractivity contribution in [3.63, 3.8) is 0 Å². The summed E-state index contributed by atoms with van der Waals surface area (Å²) in [6.45, 7) is 3.75. The van der Waals surface area contributed by atoms with E-state index in [9.17, 15) is 4.79 Å². The second-order valence-electron chi connectivity index (χ2n) is 9.86. The zero-order valence-electron chi connectivity index (χ0n) is 22.3. The van der Waals surface area contributed by atoms with Crippen molar-refractivity contribution in [3.8, 4) is 11.3 Å². The number of nitrogens with one attached hydrogen (secondary N) is 1. The van der Waals surface area contributed by atoms with E-state index in [1.165, 1.54) is 4.90 Å². The smallest absolute Gasteiger partial charge is 0.307 e. The summed E-state index contributed by atoms with van der Waals surface area (Å²) in [5.41, 5.74) is 4.10. The largest absolute Gasteiger partial charge is 0.333 e. The first-order valence-corrected chi connectivity index (χ1v) is 13.0.